The van der Waals surface area contributed by atoms with Crippen molar-refractivity contribution in [3.63, 3.8) is 0 Å². The van der Waals surface area contributed by atoms with Gasteiger partial charge in [0.2, 0.25) is 5.91 Å². The van der Waals surface area contributed by atoms with Crippen LogP contribution in [0.5, 0.6) is 11.5 Å². The van der Waals surface area contributed by atoms with Crippen LogP contribution in [0.25, 0.3) is 6.08 Å². The Morgan fingerprint density at radius 3 is 2.48 bits per heavy atom. The second-order valence-corrected chi connectivity index (χ2v) is 8.47. The number of hydrogen-bond acceptors (Lipinski definition) is 4. The number of ether oxygens (including phenoxy) is 2. The van der Waals surface area contributed by atoms with Crippen molar-refractivity contribution in [3.05, 3.63) is 58.1 Å². The average molecular weight is 443 g/mol. The number of anilines is 1. The largest absolute Gasteiger partial charge is 0.493 e. The smallest absolute Gasteiger partial charge is 0.246 e. The molecule has 31 heavy (non-hydrogen) atoms. The van der Waals surface area contributed by atoms with Gasteiger partial charge in [-0.3, -0.25) is 4.79 Å². The highest BCUT2D eigenvalue weighted by Crippen LogP contribution is 2.37. The predicted octanol–water partition coefficient (Wildman–Crippen LogP) is 5.11. The molecule has 0 atom stereocenters. The number of methoxy groups -OCH3 is 1. The maximum atomic E-state index is 12.7. The fourth-order valence-electron chi connectivity index (χ4n) is 3.70. The number of nitrogens with zero attached hydrogens (tertiary/aromatic N) is 2. The van der Waals surface area contributed by atoms with E-state index in [0.717, 1.165) is 18.7 Å². The van der Waals surface area contributed by atoms with Gasteiger partial charge in [0.1, 0.15) is 0 Å². The van der Waals surface area contributed by atoms with Crippen LogP contribution in [0.2, 0.25) is 5.02 Å². The monoisotopic (exact) mass is 442 g/mol. The first-order valence-corrected chi connectivity index (χ1v) is 11.0. The number of piperazine rings is 1. The van der Waals surface area contributed by atoms with E-state index < -0.39 is 0 Å². The third-order valence-electron chi connectivity index (χ3n) is 5.53. The van der Waals surface area contributed by atoms with Gasteiger partial charge in [-0.2, -0.15) is 0 Å². The zero-order valence-electron chi connectivity index (χ0n) is 18.9. The van der Waals surface area contributed by atoms with E-state index in [-0.39, 0.29) is 12.0 Å². The van der Waals surface area contributed by atoms with Crippen molar-refractivity contribution in [1.29, 1.82) is 0 Å². The van der Waals surface area contributed by atoms with Crippen molar-refractivity contribution >= 4 is 29.3 Å². The van der Waals surface area contributed by atoms with Gasteiger partial charge in [-0.15, -0.1) is 0 Å². The lowest BCUT2D eigenvalue weighted by Gasteiger charge is -2.36. The van der Waals surface area contributed by atoms with Crippen LogP contribution in [0.3, 0.4) is 0 Å². The van der Waals surface area contributed by atoms with Crippen LogP contribution < -0.4 is 14.4 Å². The Labute approximate surface area is 190 Å². The summed E-state index contributed by atoms with van der Waals surface area (Å²) < 4.78 is 11.2. The zero-order valence-corrected chi connectivity index (χ0v) is 19.7. The second kappa shape index (κ2) is 10.1. The minimum absolute atomic E-state index is 0.00166. The van der Waals surface area contributed by atoms with Gasteiger partial charge in [0.05, 0.1) is 18.2 Å². The van der Waals surface area contributed by atoms with Gasteiger partial charge in [-0.05, 0) is 68.7 Å². The van der Waals surface area contributed by atoms with Gasteiger partial charge in [0.15, 0.2) is 11.5 Å². The zero-order chi connectivity index (χ0) is 22.5. The standard InChI is InChI=1S/C25H31ClN2O3/c1-17(2)31-25-21(26)15-20(16-23(25)30-5)9-10-24(29)28-13-11-27(12-14-28)22-8-6-7-18(3)19(22)4/h6-10,15-17H,11-14H2,1-5H3. The molecule has 0 aromatic heterocycles. The SMILES string of the molecule is COc1cc(C=CC(=O)N2CCN(c3cccc(C)c3C)CC2)cc(Cl)c1OC(C)C. The van der Waals surface area contributed by atoms with Crippen LogP contribution in [0.1, 0.15) is 30.5 Å². The Morgan fingerprint density at radius 1 is 1.13 bits per heavy atom. The summed E-state index contributed by atoms with van der Waals surface area (Å²) in [5, 5.41) is 0.460. The number of aryl methyl sites for hydroxylation is 1. The van der Waals surface area contributed by atoms with E-state index in [9.17, 15) is 4.79 Å². The van der Waals surface area contributed by atoms with Crippen LogP contribution in [0.15, 0.2) is 36.4 Å². The third kappa shape index (κ3) is 5.53. The summed E-state index contributed by atoms with van der Waals surface area (Å²) in [4.78, 5) is 17.0. The molecule has 3 rings (SSSR count). The number of hydrogen-bond donors (Lipinski definition) is 0. The quantitative estimate of drug-likeness (QED) is 0.582. The summed E-state index contributed by atoms with van der Waals surface area (Å²) in [6.07, 6.45) is 3.35. The molecule has 0 N–H and O–H groups in total. The highest BCUT2D eigenvalue weighted by atomic mass is 35.5. The maximum Gasteiger partial charge on any atom is 0.246 e. The molecule has 0 spiro atoms. The summed E-state index contributed by atoms with van der Waals surface area (Å²) in [7, 11) is 1.58. The van der Waals surface area contributed by atoms with E-state index in [2.05, 4.69) is 36.9 Å². The summed E-state index contributed by atoms with van der Waals surface area (Å²) in [6, 6.07) is 9.99. The van der Waals surface area contributed by atoms with Gasteiger partial charge in [0, 0.05) is 37.9 Å². The van der Waals surface area contributed by atoms with Crippen molar-refractivity contribution in [2.75, 3.05) is 38.2 Å². The topological polar surface area (TPSA) is 42.0 Å². The van der Waals surface area contributed by atoms with Crippen molar-refractivity contribution < 1.29 is 14.3 Å². The van der Waals surface area contributed by atoms with Gasteiger partial charge >= 0.3 is 0 Å². The van der Waals surface area contributed by atoms with Crippen molar-refractivity contribution in [1.82, 2.24) is 4.90 Å². The minimum atomic E-state index is -0.0170. The lowest BCUT2D eigenvalue weighted by atomic mass is 10.1. The lowest BCUT2D eigenvalue weighted by Crippen LogP contribution is -2.48. The first-order valence-electron chi connectivity index (χ1n) is 10.6. The Morgan fingerprint density at radius 2 is 1.84 bits per heavy atom. The molecule has 5 nitrogen and oxygen atoms in total. The molecule has 0 bridgehead atoms. The maximum absolute atomic E-state index is 12.7. The minimum Gasteiger partial charge on any atom is -0.493 e. The third-order valence-corrected chi connectivity index (χ3v) is 5.81. The highest BCUT2D eigenvalue weighted by Gasteiger charge is 2.21. The summed E-state index contributed by atoms with van der Waals surface area (Å²) in [5.74, 6) is 1.07. The van der Waals surface area contributed by atoms with Crippen molar-refractivity contribution in [2.45, 2.75) is 33.8 Å². The van der Waals surface area contributed by atoms with E-state index in [1.54, 1.807) is 25.3 Å². The van der Waals surface area contributed by atoms with Crippen LogP contribution >= 0.6 is 11.6 Å². The number of carbonyl (C=O) groups excluding carboxylic acids is 1. The van der Waals surface area contributed by atoms with E-state index in [4.69, 9.17) is 21.1 Å². The number of amides is 1. The Kier molecular flexibility index (Phi) is 7.50. The van der Waals surface area contributed by atoms with Crippen LogP contribution in [0.4, 0.5) is 5.69 Å². The van der Waals surface area contributed by atoms with Crippen molar-refractivity contribution in [2.24, 2.45) is 0 Å². The lowest BCUT2D eigenvalue weighted by molar-refractivity contribution is -0.126. The first kappa shape index (κ1) is 23.0. The fourth-order valence-corrected chi connectivity index (χ4v) is 3.97. The number of rotatable bonds is 6. The van der Waals surface area contributed by atoms with E-state index in [0.29, 0.717) is 29.6 Å². The molecule has 0 saturated carbocycles. The molecule has 1 heterocycles. The molecule has 2 aromatic carbocycles. The van der Waals surface area contributed by atoms with E-state index >= 15 is 0 Å². The summed E-state index contributed by atoms with van der Waals surface area (Å²) in [6.45, 7) is 11.2. The van der Waals surface area contributed by atoms with E-state index in [1.165, 1.54) is 16.8 Å². The molecule has 1 amide bonds. The molecule has 1 aliphatic rings. The molecule has 1 aliphatic heterocycles. The van der Waals surface area contributed by atoms with Gasteiger partial charge < -0.3 is 19.3 Å². The number of carbonyl (C=O) groups is 1. The Balaban J connectivity index is 1.64. The van der Waals surface area contributed by atoms with Crippen LogP contribution in [-0.2, 0) is 4.79 Å². The van der Waals surface area contributed by atoms with Crippen LogP contribution in [-0.4, -0.2) is 50.2 Å². The molecule has 0 aliphatic carbocycles. The second-order valence-electron chi connectivity index (χ2n) is 8.07. The number of benzene rings is 2. The molecule has 6 heteroatoms. The molecule has 1 saturated heterocycles. The fraction of sp³-hybridized carbons (Fsp3) is 0.400. The highest BCUT2D eigenvalue weighted by molar-refractivity contribution is 6.32. The molecule has 2 aromatic rings. The first-order chi connectivity index (χ1) is 14.8. The van der Waals surface area contributed by atoms with E-state index in [1.807, 2.05) is 24.8 Å². The average Bonchev–Trinajstić information content (AvgIpc) is 2.75. The molecule has 166 valence electrons. The van der Waals surface area contributed by atoms with Gasteiger partial charge in [-0.1, -0.05) is 23.7 Å². The molecular formula is C25H31ClN2O3. The molecule has 0 radical (unpaired) electrons. The molecular weight excluding hydrogens is 412 g/mol. The molecule has 1 fully saturated rings. The summed E-state index contributed by atoms with van der Waals surface area (Å²) in [5.41, 5.74) is 4.64. The summed E-state index contributed by atoms with van der Waals surface area (Å²) >= 11 is 6.38. The normalized spacial score (nSPS) is 14.4. The number of halogens is 1. The predicted molar refractivity (Wildman–Crippen MR) is 128 cm³/mol. The van der Waals surface area contributed by atoms with Crippen LogP contribution in [0, 0.1) is 13.8 Å². The van der Waals surface area contributed by atoms with Crippen molar-refractivity contribution in [3.8, 4) is 11.5 Å². The van der Waals surface area contributed by atoms with Gasteiger partial charge in [0.25, 0.3) is 0 Å². The Bertz CT molecular complexity index is 963. The Hall–Kier alpha value is -2.66. The van der Waals surface area contributed by atoms with Gasteiger partial charge in [-0.25, -0.2) is 0 Å². The molecule has 0 unspecified atom stereocenters.